The highest BCUT2D eigenvalue weighted by Crippen LogP contribution is 2.29. The van der Waals surface area contributed by atoms with Gasteiger partial charge in [0, 0.05) is 5.69 Å². The average molecular weight is 316 g/mol. The lowest BCUT2D eigenvalue weighted by Crippen LogP contribution is -2.31. The molecule has 0 aromatic heterocycles. The Hall–Kier alpha value is -3.07. The van der Waals surface area contributed by atoms with Crippen LogP contribution in [0.1, 0.15) is 11.1 Å². The van der Waals surface area contributed by atoms with Crippen molar-refractivity contribution in [2.24, 2.45) is 0 Å². The first-order valence-electron chi connectivity index (χ1n) is 7.94. The van der Waals surface area contributed by atoms with E-state index in [1.165, 1.54) is 0 Å². The van der Waals surface area contributed by atoms with E-state index in [2.05, 4.69) is 5.32 Å². The Morgan fingerprint density at radius 3 is 2.00 bits per heavy atom. The summed E-state index contributed by atoms with van der Waals surface area (Å²) in [6.07, 6.45) is 0. The molecule has 0 aliphatic heterocycles. The number of rotatable bonds is 3. The topological polar surface area (TPSA) is 32.3 Å². The summed E-state index contributed by atoms with van der Waals surface area (Å²) in [5, 5.41) is 3.02. The molecule has 0 saturated heterocycles. The van der Waals surface area contributed by atoms with E-state index in [4.69, 9.17) is 0 Å². The second-order valence-corrected chi connectivity index (χ2v) is 5.70. The summed E-state index contributed by atoms with van der Waals surface area (Å²) in [6, 6.07) is 25.2. The van der Waals surface area contributed by atoms with Crippen LogP contribution >= 0.6 is 0 Å². The number of nitrogens with zero attached hydrogens (tertiary/aromatic N) is 1. The molecule has 2 amide bonds. The predicted octanol–water partition coefficient (Wildman–Crippen LogP) is 5.67. The van der Waals surface area contributed by atoms with Gasteiger partial charge in [0.1, 0.15) is 0 Å². The third-order valence-electron chi connectivity index (χ3n) is 3.96. The van der Waals surface area contributed by atoms with Gasteiger partial charge in [0.05, 0.1) is 11.4 Å². The first-order chi connectivity index (χ1) is 11.7. The van der Waals surface area contributed by atoms with E-state index >= 15 is 0 Å². The van der Waals surface area contributed by atoms with Gasteiger partial charge in [0.25, 0.3) is 0 Å². The Morgan fingerprint density at radius 1 is 0.750 bits per heavy atom. The molecule has 3 heteroatoms. The molecule has 0 saturated carbocycles. The molecule has 3 aromatic rings. The van der Waals surface area contributed by atoms with Crippen molar-refractivity contribution in [3.63, 3.8) is 0 Å². The standard InChI is InChI=1S/C21H20N2O/c1-16-10-6-8-14-19(16)22-21(24)23(18-12-4-3-5-13-18)20-15-9-7-11-17(20)2/h3-15H,1-2H3,(H,22,24). The van der Waals surface area contributed by atoms with Crippen LogP contribution in [0.15, 0.2) is 78.9 Å². The van der Waals surface area contributed by atoms with Crippen LogP contribution in [0.4, 0.5) is 21.9 Å². The highest BCUT2D eigenvalue weighted by Gasteiger charge is 2.19. The van der Waals surface area contributed by atoms with E-state index in [9.17, 15) is 4.79 Å². The number of anilines is 3. The second kappa shape index (κ2) is 7.01. The molecule has 0 unspecified atom stereocenters. The Labute approximate surface area is 142 Å². The van der Waals surface area contributed by atoms with Crippen molar-refractivity contribution < 1.29 is 4.79 Å². The number of amides is 2. The number of hydrogen-bond acceptors (Lipinski definition) is 1. The molecule has 3 rings (SSSR count). The van der Waals surface area contributed by atoms with Crippen molar-refractivity contribution in [1.82, 2.24) is 0 Å². The van der Waals surface area contributed by atoms with E-state index in [-0.39, 0.29) is 6.03 Å². The molecule has 0 atom stereocenters. The van der Waals surface area contributed by atoms with E-state index in [0.29, 0.717) is 0 Å². The maximum atomic E-state index is 13.0. The Balaban J connectivity index is 2.01. The van der Waals surface area contributed by atoms with Gasteiger partial charge in [-0.2, -0.15) is 0 Å². The molecule has 0 heterocycles. The maximum Gasteiger partial charge on any atom is 0.330 e. The molecule has 0 radical (unpaired) electrons. The van der Waals surface area contributed by atoms with Crippen molar-refractivity contribution in [3.8, 4) is 0 Å². The molecule has 0 aliphatic carbocycles. The minimum atomic E-state index is -0.176. The second-order valence-electron chi connectivity index (χ2n) is 5.70. The number of urea groups is 1. The zero-order chi connectivity index (χ0) is 16.9. The Morgan fingerprint density at radius 2 is 1.33 bits per heavy atom. The van der Waals surface area contributed by atoms with Crippen LogP contribution in [-0.4, -0.2) is 6.03 Å². The molecular formula is C21H20N2O. The molecular weight excluding hydrogens is 296 g/mol. The van der Waals surface area contributed by atoms with Gasteiger partial charge in [-0.05, 0) is 49.2 Å². The van der Waals surface area contributed by atoms with Gasteiger partial charge in [-0.3, -0.25) is 4.90 Å². The molecule has 0 fully saturated rings. The van der Waals surface area contributed by atoms with Crippen molar-refractivity contribution >= 4 is 23.1 Å². The van der Waals surface area contributed by atoms with E-state index in [0.717, 1.165) is 28.2 Å². The number of carbonyl (C=O) groups excluding carboxylic acids is 1. The van der Waals surface area contributed by atoms with Crippen molar-refractivity contribution in [2.45, 2.75) is 13.8 Å². The molecule has 0 aliphatic rings. The third kappa shape index (κ3) is 3.30. The number of hydrogen-bond donors (Lipinski definition) is 1. The molecule has 120 valence electrons. The highest BCUT2D eigenvalue weighted by atomic mass is 16.2. The van der Waals surface area contributed by atoms with Crippen LogP contribution in [0.25, 0.3) is 0 Å². The highest BCUT2D eigenvalue weighted by molar-refractivity contribution is 6.07. The lowest BCUT2D eigenvalue weighted by Gasteiger charge is -2.25. The first kappa shape index (κ1) is 15.8. The first-order valence-corrected chi connectivity index (χ1v) is 7.94. The Bertz CT molecular complexity index is 843. The Kier molecular flexibility index (Phi) is 4.62. The average Bonchev–Trinajstić information content (AvgIpc) is 2.60. The van der Waals surface area contributed by atoms with Gasteiger partial charge < -0.3 is 5.32 Å². The molecule has 3 nitrogen and oxygen atoms in total. The molecule has 3 aromatic carbocycles. The number of nitrogens with one attached hydrogen (secondary N) is 1. The van der Waals surface area contributed by atoms with Crippen molar-refractivity contribution in [3.05, 3.63) is 90.0 Å². The summed E-state index contributed by atoms with van der Waals surface area (Å²) in [5.41, 5.74) is 4.59. The van der Waals surface area contributed by atoms with E-state index in [1.54, 1.807) is 4.90 Å². The largest absolute Gasteiger partial charge is 0.330 e. The molecule has 24 heavy (non-hydrogen) atoms. The van der Waals surface area contributed by atoms with Crippen LogP contribution < -0.4 is 10.2 Å². The zero-order valence-corrected chi connectivity index (χ0v) is 13.9. The smallest absolute Gasteiger partial charge is 0.307 e. The zero-order valence-electron chi connectivity index (χ0n) is 13.9. The van der Waals surface area contributed by atoms with Crippen LogP contribution in [0, 0.1) is 13.8 Å². The normalized spacial score (nSPS) is 10.2. The fraction of sp³-hybridized carbons (Fsp3) is 0.0952. The van der Waals surface area contributed by atoms with Crippen molar-refractivity contribution in [1.29, 1.82) is 0 Å². The number of aryl methyl sites for hydroxylation is 2. The minimum Gasteiger partial charge on any atom is -0.307 e. The van der Waals surface area contributed by atoms with E-state index < -0.39 is 0 Å². The van der Waals surface area contributed by atoms with Gasteiger partial charge in [-0.1, -0.05) is 54.6 Å². The van der Waals surface area contributed by atoms with Gasteiger partial charge >= 0.3 is 6.03 Å². The summed E-state index contributed by atoms with van der Waals surface area (Å²) in [7, 11) is 0. The molecule has 1 N–H and O–H groups in total. The third-order valence-corrected chi connectivity index (χ3v) is 3.96. The lowest BCUT2D eigenvalue weighted by molar-refractivity contribution is 0.259. The quantitative estimate of drug-likeness (QED) is 0.663. The van der Waals surface area contributed by atoms with Gasteiger partial charge in [-0.15, -0.1) is 0 Å². The minimum absolute atomic E-state index is 0.176. The number of para-hydroxylation sites is 3. The fourth-order valence-electron chi connectivity index (χ4n) is 2.64. The maximum absolute atomic E-state index is 13.0. The predicted molar refractivity (Wildman–Crippen MR) is 100.0 cm³/mol. The summed E-state index contributed by atoms with van der Waals surface area (Å²) < 4.78 is 0. The molecule has 0 bridgehead atoms. The fourth-order valence-corrected chi connectivity index (χ4v) is 2.64. The van der Waals surface area contributed by atoms with Crippen LogP contribution in [0.5, 0.6) is 0 Å². The van der Waals surface area contributed by atoms with Gasteiger partial charge in [-0.25, -0.2) is 4.79 Å². The number of carbonyl (C=O) groups is 1. The summed E-state index contributed by atoms with van der Waals surface area (Å²) in [4.78, 5) is 14.7. The summed E-state index contributed by atoms with van der Waals surface area (Å²) in [5.74, 6) is 0. The van der Waals surface area contributed by atoms with E-state index in [1.807, 2.05) is 92.7 Å². The van der Waals surface area contributed by atoms with Crippen LogP contribution in [0.2, 0.25) is 0 Å². The van der Waals surface area contributed by atoms with Crippen LogP contribution in [0.3, 0.4) is 0 Å². The monoisotopic (exact) mass is 316 g/mol. The lowest BCUT2D eigenvalue weighted by atomic mass is 10.1. The van der Waals surface area contributed by atoms with Gasteiger partial charge in [0.2, 0.25) is 0 Å². The van der Waals surface area contributed by atoms with Crippen LogP contribution in [-0.2, 0) is 0 Å². The van der Waals surface area contributed by atoms with Crippen molar-refractivity contribution in [2.75, 3.05) is 10.2 Å². The van der Waals surface area contributed by atoms with Gasteiger partial charge in [0.15, 0.2) is 0 Å². The molecule has 0 spiro atoms. The SMILES string of the molecule is Cc1ccccc1NC(=O)N(c1ccccc1)c1ccccc1C. The summed E-state index contributed by atoms with van der Waals surface area (Å²) in [6.45, 7) is 3.99. The summed E-state index contributed by atoms with van der Waals surface area (Å²) >= 11 is 0. The number of benzene rings is 3.